The lowest BCUT2D eigenvalue weighted by Gasteiger charge is -2.14. The van der Waals surface area contributed by atoms with Crippen LogP contribution in [0.25, 0.3) is 0 Å². The molecule has 0 aliphatic rings. The summed E-state index contributed by atoms with van der Waals surface area (Å²) < 4.78 is 28.7. The molecule has 0 spiro atoms. The van der Waals surface area contributed by atoms with Crippen LogP contribution in [0.4, 0.5) is 8.78 Å². The normalized spacial score (nSPS) is 12.9. The van der Waals surface area contributed by atoms with Gasteiger partial charge in [-0.15, -0.1) is 0 Å². The molecule has 2 nitrogen and oxygen atoms in total. The molecule has 1 atom stereocenters. The van der Waals surface area contributed by atoms with Gasteiger partial charge in [-0.1, -0.05) is 17.7 Å². The number of hydrogen-bond acceptors (Lipinski definition) is 2. The molecule has 1 unspecified atom stereocenters. The molecule has 1 rings (SSSR count). The molecule has 0 aliphatic heterocycles. The first kappa shape index (κ1) is 13.2. The quantitative estimate of drug-likeness (QED) is 0.865. The first-order valence-electron chi connectivity index (χ1n) is 4.92. The predicted octanol–water partition coefficient (Wildman–Crippen LogP) is 3.26. The van der Waals surface area contributed by atoms with E-state index in [1.807, 2.05) is 14.0 Å². The second kappa shape index (κ2) is 6.01. The van der Waals surface area contributed by atoms with E-state index < -0.39 is 13.0 Å². The van der Waals surface area contributed by atoms with Gasteiger partial charge < -0.3 is 10.1 Å². The second-order valence-electron chi connectivity index (χ2n) is 3.40. The zero-order valence-corrected chi connectivity index (χ0v) is 9.89. The van der Waals surface area contributed by atoms with Gasteiger partial charge in [0.15, 0.2) is 0 Å². The van der Waals surface area contributed by atoms with Gasteiger partial charge in [-0.2, -0.15) is 0 Å². The molecule has 0 radical (unpaired) electrons. The minimum atomic E-state index is -2.48. The van der Waals surface area contributed by atoms with Crippen molar-refractivity contribution in [3.63, 3.8) is 0 Å². The van der Waals surface area contributed by atoms with Gasteiger partial charge in [-0.3, -0.25) is 0 Å². The Morgan fingerprint density at radius 2 is 2.12 bits per heavy atom. The van der Waals surface area contributed by atoms with Crippen molar-refractivity contribution in [3.8, 4) is 5.75 Å². The van der Waals surface area contributed by atoms with Crippen molar-refractivity contribution in [3.05, 3.63) is 28.8 Å². The van der Waals surface area contributed by atoms with Crippen LogP contribution in [0.15, 0.2) is 18.2 Å². The zero-order valence-electron chi connectivity index (χ0n) is 9.14. The van der Waals surface area contributed by atoms with E-state index in [0.29, 0.717) is 10.8 Å². The third kappa shape index (κ3) is 3.61. The fraction of sp³-hybridized carbons (Fsp3) is 0.455. The van der Waals surface area contributed by atoms with Gasteiger partial charge in [-0.05, 0) is 31.7 Å². The van der Waals surface area contributed by atoms with Crippen LogP contribution in [0.3, 0.4) is 0 Å². The van der Waals surface area contributed by atoms with Gasteiger partial charge in [-0.25, -0.2) is 8.78 Å². The van der Waals surface area contributed by atoms with Crippen LogP contribution >= 0.6 is 11.6 Å². The highest BCUT2D eigenvalue weighted by molar-refractivity contribution is 6.31. The van der Waals surface area contributed by atoms with Crippen LogP contribution in [0.1, 0.15) is 18.5 Å². The average Bonchev–Trinajstić information content (AvgIpc) is 2.25. The molecule has 1 N–H and O–H groups in total. The van der Waals surface area contributed by atoms with Gasteiger partial charge in [0, 0.05) is 11.1 Å². The second-order valence-corrected chi connectivity index (χ2v) is 3.80. The summed E-state index contributed by atoms with van der Waals surface area (Å²) in [6.45, 7) is 1.35. The number of halogens is 3. The summed E-state index contributed by atoms with van der Waals surface area (Å²) in [5, 5.41) is 3.55. The summed E-state index contributed by atoms with van der Waals surface area (Å²) in [5.74, 6) is 0.359. The van der Waals surface area contributed by atoms with Crippen molar-refractivity contribution < 1.29 is 13.5 Å². The SMILES string of the molecule is CNC(C)c1ccc(OCC(F)F)cc1Cl. The molecular weight excluding hydrogens is 236 g/mol. The summed E-state index contributed by atoms with van der Waals surface area (Å²) in [7, 11) is 1.82. The average molecular weight is 250 g/mol. The van der Waals surface area contributed by atoms with E-state index in [-0.39, 0.29) is 6.04 Å². The molecule has 1 aromatic rings. The lowest BCUT2D eigenvalue weighted by Crippen LogP contribution is -2.13. The molecule has 90 valence electrons. The summed E-state index contributed by atoms with van der Waals surface area (Å²) in [5.41, 5.74) is 0.911. The van der Waals surface area contributed by atoms with Crippen LogP contribution < -0.4 is 10.1 Å². The van der Waals surface area contributed by atoms with Gasteiger partial charge >= 0.3 is 0 Å². The standard InChI is InChI=1S/C11H14ClF2NO/c1-7(15-2)9-4-3-8(5-10(9)12)16-6-11(13)14/h3-5,7,11,15H,6H2,1-2H3. The fourth-order valence-corrected chi connectivity index (χ4v) is 1.60. The number of nitrogens with one attached hydrogen (secondary N) is 1. The Kier molecular flexibility index (Phi) is 4.96. The van der Waals surface area contributed by atoms with Crippen LogP contribution in [0, 0.1) is 0 Å². The first-order valence-corrected chi connectivity index (χ1v) is 5.30. The van der Waals surface area contributed by atoms with Crippen molar-refractivity contribution in [2.75, 3.05) is 13.7 Å². The molecule has 0 saturated heterocycles. The molecule has 0 aromatic heterocycles. The van der Waals surface area contributed by atoms with Crippen molar-refractivity contribution in [1.29, 1.82) is 0 Å². The Morgan fingerprint density at radius 3 is 2.62 bits per heavy atom. The van der Waals surface area contributed by atoms with E-state index in [9.17, 15) is 8.78 Å². The van der Waals surface area contributed by atoms with Crippen molar-refractivity contribution >= 4 is 11.6 Å². The van der Waals surface area contributed by atoms with Crippen LogP contribution in [0.2, 0.25) is 5.02 Å². The molecule has 0 aliphatic carbocycles. The summed E-state index contributed by atoms with van der Waals surface area (Å²) in [4.78, 5) is 0. The van der Waals surface area contributed by atoms with E-state index >= 15 is 0 Å². The zero-order chi connectivity index (χ0) is 12.1. The molecule has 0 bridgehead atoms. The van der Waals surface area contributed by atoms with Gasteiger partial charge in [0.05, 0.1) is 0 Å². The first-order chi connectivity index (χ1) is 7.54. The summed E-state index contributed by atoms with van der Waals surface area (Å²) in [6.07, 6.45) is -2.48. The molecule has 5 heteroatoms. The lowest BCUT2D eigenvalue weighted by atomic mass is 10.1. The topological polar surface area (TPSA) is 21.3 Å². The van der Waals surface area contributed by atoms with Gasteiger partial charge in [0.1, 0.15) is 12.4 Å². The molecule has 0 amide bonds. The highest BCUT2D eigenvalue weighted by Crippen LogP contribution is 2.27. The monoisotopic (exact) mass is 249 g/mol. The molecule has 16 heavy (non-hydrogen) atoms. The Hall–Kier alpha value is -0.870. The number of benzene rings is 1. The third-order valence-electron chi connectivity index (χ3n) is 2.25. The van der Waals surface area contributed by atoms with Crippen LogP contribution in [-0.4, -0.2) is 20.1 Å². The van der Waals surface area contributed by atoms with E-state index in [0.717, 1.165) is 5.56 Å². The smallest absolute Gasteiger partial charge is 0.272 e. The van der Waals surface area contributed by atoms with Crippen molar-refractivity contribution in [2.45, 2.75) is 19.4 Å². The molecule has 0 fully saturated rings. The Bertz CT molecular complexity index is 347. The Labute approximate surface area is 98.6 Å². The minimum absolute atomic E-state index is 0.108. The molecular formula is C11H14ClF2NO. The third-order valence-corrected chi connectivity index (χ3v) is 2.57. The van der Waals surface area contributed by atoms with E-state index in [1.54, 1.807) is 18.2 Å². The molecule has 0 heterocycles. The van der Waals surface area contributed by atoms with E-state index in [1.165, 1.54) is 0 Å². The number of hydrogen-bond donors (Lipinski definition) is 1. The maximum Gasteiger partial charge on any atom is 0.272 e. The largest absolute Gasteiger partial charge is 0.488 e. The van der Waals surface area contributed by atoms with E-state index in [4.69, 9.17) is 16.3 Å². The highest BCUT2D eigenvalue weighted by Gasteiger charge is 2.09. The van der Waals surface area contributed by atoms with Gasteiger partial charge in [0.2, 0.25) is 0 Å². The van der Waals surface area contributed by atoms with E-state index in [2.05, 4.69) is 5.32 Å². The fourth-order valence-electron chi connectivity index (χ4n) is 1.26. The lowest BCUT2D eigenvalue weighted by molar-refractivity contribution is 0.0819. The van der Waals surface area contributed by atoms with Crippen LogP contribution in [-0.2, 0) is 0 Å². The number of alkyl halides is 2. The molecule has 1 aromatic carbocycles. The predicted molar refractivity (Wildman–Crippen MR) is 60.4 cm³/mol. The Morgan fingerprint density at radius 1 is 1.44 bits per heavy atom. The van der Waals surface area contributed by atoms with Crippen molar-refractivity contribution in [1.82, 2.24) is 5.32 Å². The number of rotatable bonds is 5. The van der Waals surface area contributed by atoms with Crippen molar-refractivity contribution in [2.24, 2.45) is 0 Å². The maximum absolute atomic E-state index is 11.9. The number of ether oxygens (including phenoxy) is 1. The minimum Gasteiger partial charge on any atom is -0.488 e. The van der Waals surface area contributed by atoms with Gasteiger partial charge in [0.25, 0.3) is 6.43 Å². The highest BCUT2D eigenvalue weighted by atomic mass is 35.5. The summed E-state index contributed by atoms with van der Waals surface area (Å²) in [6, 6.07) is 5.06. The summed E-state index contributed by atoms with van der Waals surface area (Å²) >= 11 is 6.01. The maximum atomic E-state index is 11.9. The van der Waals surface area contributed by atoms with Crippen LogP contribution in [0.5, 0.6) is 5.75 Å². The molecule has 0 saturated carbocycles. The Balaban J connectivity index is 2.74.